The van der Waals surface area contributed by atoms with E-state index >= 15 is 0 Å². The Morgan fingerprint density at radius 3 is 2.66 bits per heavy atom. The molecular formula is C19H19Cl2F3N4S. The summed E-state index contributed by atoms with van der Waals surface area (Å²) in [5, 5.41) is 8.59. The number of hydrogen-bond acceptors (Lipinski definition) is 4. The molecule has 4 nitrogen and oxygen atoms in total. The molecule has 0 unspecified atom stereocenters. The summed E-state index contributed by atoms with van der Waals surface area (Å²) < 4.78 is 42.0. The van der Waals surface area contributed by atoms with Crippen molar-refractivity contribution in [1.29, 1.82) is 0 Å². The number of nitrogens with two attached hydrogens (primary N) is 1. The molecule has 0 spiro atoms. The number of alkyl halides is 3. The van der Waals surface area contributed by atoms with Crippen molar-refractivity contribution >= 4 is 39.5 Å². The Bertz CT molecular complexity index is 984. The average molecular weight is 463 g/mol. The van der Waals surface area contributed by atoms with Crippen LogP contribution >= 0.6 is 34.5 Å². The molecule has 3 N–H and O–H groups in total. The van der Waals surface area contributed by atoms with Crippen molar-refractivity contribution < 1.29 is 13.2 Å². The number of rotatable bonds is 7. The van der Waals surface area contributed by atoms with Crippen molar-refractivity contribution in [3.63, 3.8) is 0 Å². The summed E-state index contributed by atoms with van der Waals surface area (Å²) in [6, 6.07) is 6.94. The van der Waals surface area contributed by atoms with Crippen LogP contribution in [-0.2, 0) is 19.1 Å². The van der Waals surface area contributed by atoms with Crippen molar-refractivity contribution in [2.45, 2.75) is 32.1 Å². The molecule has 0 fully saturated rings. The molecule has 1 atom stereocenters. The highest BCUT2D eigenvalue weighted by Crippen LogP contribution is 2.41. The van der Waals surface area contributed by atoms with Gasteiger partial charge >= 0.3 is 6.18 Å². The van der Waals surface area contributed by atoms with E-state index < -0.39 is 17.8 Å². The van der Waals surface area contributed by atoms with E-state index in [4.69, 9.17) is 28.9 Å². The van der Waals surface area contributed by atoms with Gasteiger partial charge in [0.25, 0.3) is 0 Å². The molecule has 1 aromatic carbocycles. The Morgan fingerprint density at radius 1 is 1.28 bits per heavy atom. The van der Waals surface area contributed by atoms with Gasteiger partial charge in [0.2, 0.25) is 0 Å². The number of anilines is 1. The van der Waals surface area contributed by atoms with E-state index in [1.54, 1.807) is 16.9 Å². The van der Waals surface area contributed by atoms with Gasteiger partial charge in [0.05, 0.1) is 27.5 Å². The first-order valence-electron chi connectivity index (χ1n) is 8.87. The van der Waals surface area contributed by atoms with Gasteiger partial charge in [-0.3, -0.25) is 4.68 Å². The first-order chi connectivity index (χ1) is 13.7. The molecule has 10 heteroatoms. The second-order valence-electron chi connectivity index (χ2n) is 6.39. The first-order valence-corrected chi connectivity index (χ1v) is 10.4. The van der Waals surface area contributed by atoms with E-state index in [0.29, 0.717) is 26.6 Å². The summed E-state index contributed by atoms with van der Waals surface area (Å²) in [5.41, 5.74) is 6.79. The van der Waals surface area contributed by atoms with Crippen molar-refractivity contribution in [2.24, 2.45) is 5.73 Å². The van der Waals surface area contributed by atoms with Crippen LogP contribution in [0.15, 0.2) is 36.5 Å². The number of benzene rings is 1. The van der Waals surface area contributed by atoms with Gasteiger partial charge in [-0.1, -0.05) is 41.4 Å². The van der Waals surface area contributed by atoms with E-state index in [1.807, 2.05) is 13.0 Å². The molecule has 0 saturated carbocycles. The standard InChI is InChI=1S/C19H19Cl2F3N4S/c1-2-28-17(15(20)10-26-28)13-8-16(29-18(13)21)27-12(9-25)7-11-5-3-4-6-14(11)19(22,23)24/h3-6,8,10,12,27H,2,7,9,25H2,1H3/t12-/m0/s1. The molecular weight excluding hydrogens is 444 g/mol. The lowest BCUT2D eigenvalue weighted by molar-refractivity contribution is -0.138. The van der Waals surface area contributed by atoms with Crippen molar-refractivity contribution in [3.8, 4) is 11.3 Å². The summed E-state index contributed by atoms with van der Waals surface area (Å²) in [7, 11) is 0. The molecule has 0 amide bonds. The third-order valence-corrected chi connectivity index (χ3v) is 6.02. The van der Waals surface area contributed by atoms with Gasteiger partial charge in [-0.05, 0) is 31.0 Å². The van der Waals surface area contributed by atoms with Gasteiger partial charge in [-0.2, -0.15) is 18.3 Å². The quantitative estimate of drug-likeness (QED) is 0.456. The van der Waals surface area contributed by atoms with Crippen LogP contribution in [0.3, 0.4) is 0 Å². The summed E-state index contributed by atoms with van der Waals surface area (Å²) in [6.45, 7) is 2.72. The maximum atomic E-state index is 13.3. The fourth-order valence-electron chi connectivity index (χ4n) is 3.11. The lowest BCUT2D eigenvalue weighted by Gasteiger charge is -2.19. The molecule has 29 heavy (non-hydrogen) atoms. The number of halogens is 5. The van der Waals surface area contributed by atoms with E-state index in [0.717, 1.165) is 11.6 Å². The Labute approximate surface area is 180 Å². The van der Waals surface area contributed by atoms with Crippen LogP contribution in [0.1, 0.15) is 18.1 Å². The molecule has 0 aliphatic carbocycles. The molecule has 2 aromatic heterocycles. The van der Waals surface area contributed by atoms with Crippen LogP contribution in [0.4, 0.5) is 18.2 Å². The smallest absolute Gasteiger partial charge is 0.373 e. The van der Waals surface area contributed by atoms with E-state index in [9.17, 15) is 13.2 Å². The molecule has 3 aromatic rings. The van der Waals surface area contributed by atoms with Crippen LogP contribution in [0.2, 0.25) is 9.36 Å². The predicted molar refractivity (Wildman–Crippen MR) is 113 cm³/mol. The molecule has 0 saturated heterocycles. The Balaban J connectivity index is 1.84. The van der Waals surface area contributed by atoms with E-state index in [-0.39, 0.29) is 18.5 Å². The van der Waals surface area contributed by atoms with Crippen LogP contribution in [0, 0.1) is 0 Å². The molecule has 3 rings (SSSR count). The van der Waals surface area contributed by atoms with E-state index in [1.165, 1.54) is 23.5 Å². The van der Waals surface area contributed by atoms with Crippen LogP contribution in [-0.4, -0.2) is 22.4 Å². The van der Waals surface area contributed by atoms with Gasteiger partial charge in [0.1, 0.15) is 4.34 Å². The minimum Gasteiger partial charge on any atom is -0.373 e. The zero-order valence-corrected chi connectivity index (χ0v) is 17.8. The van der Waals surface area contributed by atoms with Crippen LogP contribution in [0.25, 0.3) is 11.3 Å². The number of nitrogens with zero attached hydrogens (tertiary/aromatic N) is 2. The number of aromatic nitrogens is 2. The van der Waals surface area contributed by atoms with Crippen molar-refractivity contribution in [1.82, 2.24) is 9.78 Å². The van der Waals surface area contributed by atoms with Crippen molar-refractivity contribution in [2.75, 3.05) is 11.9 Å². The van der Waals surface area contributed by atoms with Crippen molar-refractivity contribution in [3.05, 3.63) is 57.0 Å². The average Bonchev–Trinajstić information content (AvgIpc) is 3.22. The maximum Gasteiger partial charge on any atom is 0.416 e. The lowest BCUT2D eigenvalue weighted by Crippen LogP contribution is -2.31. The zero-order valence-electron chi connectivity index (χ0n) is 15.4. The molecule has 0 bridgehead atoms. The van der Waals surface area contributed by atoms with Gasteiger partial charge < -0.3 is 11.1 Å². The third-order valence-electron chi connectivity index (χ3n) is 4.46. The normalized spacial score (nSPS) is 12.9. The number of aryl methyl sites for hydroxylation is 1. The number of hydrogen-bond donors (Lipinski definition) is 2. The Kier molecular flexibility index (Phi) is 6.78. The first kappa shape index (κ1) is 22.0. The molecule has 0 aliphatic heterocycles. The number of thiophene rings is 1. The Hall–Kier alpha value is -1.74. The highest BCUT2D eigenvalue weighted by molar-refractivity contribution is 7.20. The summed E-state index contributed by atoms with van der Waals surface area (Å²) in [6.07, 6.45) is -2.73. The van der Waals surface area contributed by atoms with Crippen LogP contribution in [0.5, 0.6) is 0 Å². The molecule has 156 valence electrons. The lowest BCUT2D eigenvalue weighted by atomic mass is 10.00. The van der Waals surface area contributed by atoms with Gasteiger partial charge in [0, 0.05) is 24.7 Å². The second-order valence-corrected chi connectivity index (χ2v) is 8.45. The SMILES string of the molecule is CCn1ncc(Cl)c1-c1cc(N[C@H](CN)Cc2ccccc2C(F)(F)F)sc1Cl. The minimum absolute atomic E-state index is 0.130. The highest BCUT2D eigenvalue weighted by atomic mass is 35.5. The van der Waals surface area contributed by atoms with Gasteiger partial charge in [-0.25, -0.2) is 0 Å². The summed E-state index contributed by atoms with van der Waals surface area (Å²) in [5.74, 6) is 0. The third kappa shape index (κ3) is 4.88. The largest absolute Gasteiger partial charge is 0.416 e. The molecule has 0 aliphatic rings. The molecule has 2 heterocycles. The highest BCUT2D eigenvalue weighted by Gasteiger charge is 2.33. The second kappa shape index (κ2) is 8.95. The summed E-state index contributed by atoms with van der Waals surface area (Å²) in [4.78, 5) is 0. The van der Waals surface area contributed by atoms with Gasteiger partial charge in [-0.15, -0.1) is 11.3 Å². The topological polar surface area (TPSA) is 55.9 Å². The zero-order chi connectivity index (χ0) is 21.2. The predicted octanol–water partition coefficient (Wildman–Crippen LogP) is 5.94. The summed E-state index contributed by atoms with van der Waals surface area (Å²) >= 11 is 13.9. The minimum atomic E-state index is -4.41. The Morgan fingerprint density at radius 2 is 2.00 bits per heavy atom. The maximum absolute atomic E-state index is 13.3. The van der Waals surface area contributed by atoms with Crippen LogP contribution < -0.4 is 11.1 Å². The van der Waals surface area contributed by atoms with Gasteiger partial charge in [0.15, 0.2) is 0 Å². The number of nitrogens with one attached hydrogen (secondary N) is 1. The fourth-order valence-corrected chi connectivity index (χ4v) is 4.60. The monoisotopic (exact) mass is 462 g/mol. The fraction of sp³-hybridized carbons (Fsp3) is 0.316. The molecule has 0 radical (unpaired) electrons. The van der Waals surface area contributed by atoms with E-state index in [2.05, 4.69) is 10.4 Å².